The van der Waals surface area contributed by atoms with E-state index in [-0.39, 0.29) is 11.0 Å². The molecule has 15 heavy (non-hydrogen) atoms. The summed E-state index contributed by atoms with van der Waals surface area (Å²) in [6.07, 6.45) is 8.33. The summed E-state index contributed by atoms with van der Waals surface area (Å²) in [6.45, 7) is 4.58. The summed E-state index contributed by atoms with van der Waals surface area (Å²) in [6, 6.07) is 4.11. The second kappa shape index (κ2) is 3.60. The Bertz CT molecular complexity index is 332. The van der Waals surface area contributed by atoms with E-state index in [0.29, 0.717) is 0 Å². The van der Waals surface area contributed by atoms with E-state index in [4.69, 9.17) is 5.73 Å². The highest BCUT2D eigenvalue weighted by molar-refractivity contribution is 5.16. The van der Waals surface area contributed by atoms with Crippen LogP contribution in [-0.2, 0) is 6.42 Å². The van der Waals surface area contributed by atoms with E-state index in [0.717, 1.165) is 12.8 Å². The van der Waals surface area contributed by atoms with E-state index < -0.39 is 0 Å². The molecule has 0 saturated heterocycles. The molecule has 1 aliphatic carbocycles. The second-order valence-electron chi connectivity index (χ2n) is 5.43. The summed E-state index contributed by atoms with van der Waals surface area (Å²) < 4.78 is 0. The molecule has 0 amide bonds. The average Bonchev–Trinajstić information content (AvgIpc) is 2.43. The van der Waals surface area contributed by atoms with Crippen molar-refractivity contribution in [3.8, 4) is 0 Å². The summed E-state index contributed by atoms with van der Waals surface area (Å²) in [7, 11) is 0. The molecule has 0 aliphatic heterocycles. The maximum absolute atomic E-state index is 6.54. The Hall–Kier alpha value is -0.890. The first kappa shape index (κ1) is 10.6. The smallest absolute Gasteiger partial charge is 0.0300 e. The summed E-state index contributed by atoms with van der Waals surface area (Å²) in [4.78, 5) is 4.15. The molecular formula is C13H20N2. The Balaban J connectivity index is 2.18. The van der Waals surface area contributed by atoms with Crippen LogP contribution in [0, 0.1) is 5.41 Å². The third kappa shape index (κ3) is 1.91. The van der Waals surface area contributed by atoms with Crippen molar-refractivity contribution in [2.45, 2.75) is 45.1 Å². The van der Waals surface area contributed by atoms with Gasteiger partial charge in [0.15, 0.2) is 0 Å². The molecule has 2 nitrogen and oxygen atoms in total. The number of aromatic nitrogens is 1. The Morgan fingerprint density at radius 2 is 2.20 bits per heavy atom. The summed E-state index contributed by atoms with van der Waals surface area (Å²) in [5, 5.41) is 0. The van der Waals surface area contributed by atoms with E-state index in [1.54, 1.807) is 0 Å². The number of hydrogen-bond donors (Lipinski definition) is 1. The molecule has 1 aromatic rings. The van der Waals surface area contributed by atoms with Crippen LogP contribution in [0.2, 0.25) is 0 Å². The van der Waals surface area contributed by atoms with Crippen molar-refractivity contribution in [1.82, 2.24) is 4.98 Å². The fraction of sp³-hybridized carbons (Fsp3) is 0.615. The van der Waals surface area contributed by atoms with Gasteiger partial charge in [0.25, 0.3) is 0 Å². The highest BCUT2D eigenvalue weighted by Gasteiger charge is 2.45. The van der Waals surface area contributed by atoms with Crippen molar-refractivity contribution < 1.29 is 0 Å². The van der Waals surface area contributed by atoms with Crippen LogP contribution in [0.1, 0.15) is 38.7 Å². The maximum atomic E-state index is 6.54. The van der Waals surface area contributed by atoms with E-state index in [9.17, 15) is 0 Å². The number of nitrogens with zero attached hydrogens (tertiary/aromatic N) is 1. The maximum Gasteiger partial charge on any atom is 0.0300 e. The van der Waals surface area contributed by atoms with Crippen molar-refractivity contribution in [1.29, 1.82) is 0 Å². The van der Waals surface area contributed by atoms with Gasteiger partial charge in [0.2, 0.25) is 0 Å². The summed E-state index contributed by atoms with van der Waals surface area (Å²) in [5.41, 5.74) is 8.01. The van der Waals surface area contributed by atoms with Crippen molar-refractivity contribution in [2.24, 2.45) is 11.1 Å². The standard InChI is InChI=1S/C13H20N2/c1-12(2)6-4-7-13(12,14)9-11-5-3-8-15-10-11/h3,5,8,10H,4,6-7,9,14H2,1-2H3. The lowest BCUT2D eigenvalue weighted by atomic mass is 9.72. The van der Waals surface area contributed by atoms with E-state index in [1.165, 1.54) is 18.4 Å². The third-order valence-corrected chi connectivity index (χ3v) is 4.01. The molecule has 0 radical (unpaired) electrons. The first-order valence-corrected chi connectivity index (χ1v) is 5.71. The van der Waals surface area contributed by atoms with Crippen molar-refractivity contribution in [3.05, 3.63) is 30.1 Å². The van der Waals surface area contributed by atoms with E-state index in [2.05, 4.69) is 24.9 Å². The lowest BCUT2D eigenvalue weighted by molar-refractivity contribution is 0.207. The second-order valence-corrected chi connectivity index (χ2v) is 5.43. The third-order valence-electron chi connectivity index (χ3n) is 4.01. The highest BCUT2D eigenvalue weighted by atomic mass is 14.8. The Kier molecular flexibility index (Phi) is 2.55. The van der Waals surface area contributed by atoms with Gasteiger partial charge in [0, 0.05) is 17.9 Å². The summed E-state index contributed by atoms with van der Waals surface area (Å²) >= 11 is 0. The van der Waals surface area contributed by atoms with Gasteiger partial charge in [-0.2, -0.15) is 0 Å². The molecule has 82 valence electrons. The molecule has 2 N–H and O–H groups in total. The van der Waals surface area contributed by atoms with Crippen LogP contribution in [0.25, 0.3) is 0 Å². The molecule has 2 heteroatoms. The van der Waals surface area contributed by atoms with Crippen molar-refractivity contribution in [2.75, 3.05) is 0 Å². The Labute approximate surface area is 91.9 Å². The van der Waals surface area contributed by atoms with E-state index >= 15 is 0 Å². The van der Waals surface area contributed by atoms with Gasteiger partial charge in [-0.15, -0.1) is 0 Å². The minimum Gasteiger partial charge on any atom is -0.324 e. The minimum atomic E-state index is -0.0456. The van der Waals surface area contributed by atoms with Crippen LogP contribution in [-0.4, -0.2) is 10.5 Å². The molecule has 1 aliphatic rings. The van der Waals surface area contributed by atoms with Crippen LogP contribution in [0.4, 0.5) is 0 Å². The number of nitrogens with two attached hydrogens (primary N) is 1. The van der Waals surface area contributed by atoms with Crippen molar-refractivity contribution >= 4 is 0 Å². The van der Waals surface area contributed by atoms with Crippen LogP contribution >= 0.6 is 0 Å². The van der Waals surface area contributed by atoms with Crippen LogP contribution in [0.5, 0.6) is 0 Å². The highest BCUT2D eigenvalue weighted by Crippen LogP contribution is 2.45. The number of hydrogen-bond acceptors (Lipinski definition) is 2. The molecule has 1 atom stereocenters. The predicted octanol–water partition coefficient (Wildman–Crippen LogP) is 2.53. The van der Waals surface area contributed by atoms with E-state index in [1.807, 2.05) is 18.5 Å². The van der Waals surface area contributed by atoms with Gasteiger partial charge in [-0.25, -0.2) is 0 Å². The van der Waals surface area contributed by atoms with Crippen LogP contribution < -0.4 is 5.73 Å². The lowest BCUT2D eigenvalue weighted by Gasteiger charge is -2.38. The van der Waals surface area contributed by atoms with Gasteiger partial charge in [0.1, 0.15) is 0 Å². The first-order chi connectivity index (χ1) is 7.04. The molecule has 1 saturated carbocycles. The molecule has 0 spiro atoms. The van der Waals surface area contributed by atoms with Gasteiger partial charge >= 0.3 is 0 Å². The SMILES string of the molecule is CC1(C)CCCC1(N)Cc1cccnc1. The fourth-order valence-electron chi connectivity index (χ4n) is 2.63. The van der Waals surface area contributed by atoms with Gasteiger partial charge in [0.05, 0.1) is 0 Å². The molecule has 1 aromatic heterocycles. The summed E-state index contributed by atoms with van der Waals surface area (Å²) in [5.74, 6) is 0. The zero-order valence-corrected chi connectivity index (χ0v) is 9.66. The normalized spacial score (nSPS) is 29.3. The molecule has 0 bridgehead atoms. The quantitative estimate of drug-likeness (QED) is 0.804. The Morgan fingerprint density at radius 3 is 2.73 bits per heavy atom. The van der Waals surface area contributed by atoms with Crippen LogP contribution in [0.3, 0.4) is 0 Å². The number of rotatable bonds is 2. The average molecular weight is 204 g/mol. The lowest BCUT2D eigenvalue weighted by Crippen LogP contribution is -2.50. The van der Waals surface area contributed by atoms with Crippen molar-refractivity contribution in [3.63, 3.8) is 0 Å². The van der Waals surface area contributed by atoms with Gasteiger partial charge < -0.3 is 5.73 Å². The molecular weight excluding hydrogens is 184 g/mol. The fourth-order valence-corrected chi connectivity index (χ4v) is 2.63. The molecule has 2 rings (SSSR count). The Morgan fingerprint density at radius 1 is 1.40 bits per heavy atom. The monoisotopic (exact) mass is 204 g/mol. The van der Waals surface area contributed by atoms with Gasteiger partial charge in [-0.05, 0) is 36.3 Å². The van der Waals surface area contributed by atoms with Gasteiger partial charge in [-0.3, -0.25) is 4.98 Å². The van der Waals surface area contributed by atoms with Crippen LogP contribution in [0.15, 0.2) is 24.5 Å². The zero-order valence-electron chi connectivity index (χ0n) is 9.66. The minimum absolute atomic E-state index is 0.0456. The molecule has 1 heterocycles. The topological polar surface area (TPSA) is 38.9 Å². The molecule has 1 unspecified atom stereocenters. The predicted molar refractivity (Wildman–Crippen MR) is 62.5 cm³/mol. The van der Waals surface area contributed by atoms with Gasteiger partial charge in [-0.1, -0.05) is 26.3 Å². The molecule has 0 aromatic carbocycles. The molecule has 1 fully saturated rings. The largest absolute Gasteiger partial charge is 0.324 e. The zero-order chi connectivity index (χ0) is 10.9. The number of pyridine rings is 1. The first-order valence-electron chi connectivity index (χ1n) is 5.71.